The quantitative estimate of drug-likeness (QED) is 0.841. The zero-order valence-corrected chi connectivity index (χ0v) is 15.7. The van der Waals surface area contributed by atoms with E-state index in [0.717, 1.165) is 16.7 Å². The summed E-state index contributed by atoms with van der Waals surface area (Å²) < 4.78 is 25.4. The molecule has 1 aliphatic heterocycles. The van der Waals surface area contributed by atoms with E-state index in [4.69, 9.17) is 0 Å². The predicted octanol–water partition coefficient (Wildman–Crippen LogP) is 3.12. The molecular formula is C20H22N2O3S. The van der Waals surface area contributed by atoms with Crippen molar-refractivity contribution >= 4 is 27.2 Å². The van der Waals surface area contributed by atoms with E-state index >= 15 is 0 Å². The van der Waals surface area contributed by atoms with Gasteiger partial charge in [-0.2, -0.15) is 0 Å². The fraction of sp³-hybridized carbons (Fsp3) is 0.250. The third-order valence-electron chi connectivity index (χ3n) is 4.50. The van der Waals surface area contributed by atoms with Gasteiger partial charge in [-0.05, 0) is 36.1 Å². The molecule has 2 aromatic rings. The minimum absolute atomic E-state index is 0.182. The molecule has 1 atom stereocenters. The lowest BCUT2D eigenvalue weighted by atomic mass is 9.97. The van der Waals surface area contributed by atoms with Crippen LogP contribution in [0.25, 0.3) is 5.57 Å². The van der Waals surface area contributed by atoms with Crippen molar-refractivity contribution in [1.82, 2.24) is 5.32 Å². The number of benzene rings is 2. The third-order valence-corrected chi connectivity index (χ3v) is 5.68. The number of hydrogen-bond acceptors (Lipinski definition) is 3. The molecule has 6 heteroatoms. The van der Waals surface area contributed by atoms with E-state index in [1.54, 1.807) is 18.2 Å². The second-order valence-electron chi connectivity index (χ2n) is 6.44. The number of carbonyl (C=O) groups is 1. The number of nitrogens with one attached hydrogen (secondary N) is 1. The van der Waals surface area contributed by atoms with Crippen LogP contribution in [0.15, 0.2) is 60.7 Å². The number of nitrogens with zero attached hydrogens (tertiary/aromatic N) is 1. The Kier molecular flexibility index (Phi) is 5.13. The monoisotopic (exact) mass is 370 g/mol. The summed E-state index contributed by atoms with van der Waals surface area (Å²) in [6.45, 7) is 2.25. The van der Waals surface area contributed by atoms with Gasteiger partial charge >= 0.3 is 0 Å². The van der Waals surface area contributed by atoms with Gasteiger partial charge in [0.05, 0.1) is 18.0 Å². The van der Waals surface area contributed by atoms with Crippen LogP contribution < -0.4 is 9.62 Å². The number of carbonyl (C=O) groups excluding carboxylic acids is 1. The second kappa shape index (κ2) is 7.33. The highest BCUT2D eigenvalue weighted by Crippen LogP contribution is 2.35. The molecule has 0 spiro atoms. The van der Waals surface area contributed by atoms with Gasteiger partial charge < -0.3 is 5.32 Å². The first-order valence-corrected chi connectivity index (χ1v) is 10.3. The minimum Gasteiger partial charge on any atom is -0.346 e. The number of allylic oxidation sites excluding steroid dienone is 1. The van der Waals surface area contributed by atoms with Gasteiger partial charge in [0, 0.05) is 12.6 Å². The van der Waals surface area contributed by atoms with Crippen molar-refractivity contribution in [3.8, 4) is 0 Å². The van der Waals surface area contributed by atoms with E-state index in [-0.39, 0.29) is 11.9 Å². The Labute approximate surface area is 154 Å². The van der Waals surface area contributed by atoms with Gasteiger partial charge in [-0.25, -0.2) is 8.42 Å². The van der Waals surface area contributed by atoms with Gasteiger partial charge in [-0.1, -0.05) is 48.5 Å². The van der Waals surface area contributed by atoms with Crippen LogP contribution in [0.5, 0.6) is 0 Å². The summed E-state index contributed by atoms with van der Waals surface area (Å²) in [5.41, 5.74) is 3.33. The zero-order valence-electron chi connectivity index (χ0n) is 14.8. The summed E-state index contributed by atoms with van der Waals surface area (Å²) >= 11 is 0. The lowest BCUT2D eigenvalue weighted by Gasteiger charge is -2.34. The fourth-order valence-electron chi connectivity index (χ4n) is 3.22. The van der Waals surface area contributed by atoms with E-state index < -0.39 is 10.0 Å². The maximum absolute atomic E-state index is 12.5. The summed E-state index contributed by atoms with van der Waals surface area (Å²) in [6, 6.07) is 16.8. The molecule has 0 fully saturated rings. The van der Waals surface area contributed by atoms with Crippen molar-refractivity contribution < 1.29 is 13.2 Å². The molecule has 1 heterocycles. The molecule has 26 heavy (non-hydrogen) atoms. The van der Waals surface area contributed by atoms with Gasteiger partial charge in [0.25, 0.3) is 0 Å². The van der Waals surface area contributed by atoms with Crippen LogP contribution in [0.4, 0.5) is 5.69 Å². The van der Waals surface area contributed by atoms with E-state index in [9.17, 15) is 13.2 Å². The smallest absolute Gasteiger partial charge is 0.244 e. The highest BCUT2D eigenvalue weighted by Gasteiger charge is 2.30. The van der Waals surface area contributed by atoms with E-state index in [2.05, 4.69) is 5.32 Å². The first kappa shape index (κ1) is 18.2. The number of fused-ring (bicyclic) bond motifs is 1. The van der Waals surface area contributed by atoms with Crippen LogP contribution in [0.3, 0.4) is 0 Å². The molecule has 1 amide bonds. The summed E-state index contributed by atoms with van der Waals surface area (Å²) in [6.07, 6.45) is 3.32. The molecule has 0 aliphatic carbocycles. The van der Waals surface area contributed by atoms with Crippen molar-refractivity contribution in [3.05, 3.63) is 71.8 Å². The molecule has 0 bridgehead atoms. The number of rotatable bonds is 4. The lowest BCUT2D eigenvalue weighted by Crippen LogP contribution is -2.40. The Bertz CT molecular complexity index is 937. The summed E-state index contributed by atoms with van der Waals surface area (Å²) in [5.74, 6) is -0.182. The predicted molar refractivity (Wildman–Crippen MR) is 104 cm³/mol. The number of para-hydroxylation sites is 1. The third kappa shape index (κ3) is 3.96. The normalized spacial score (nSPS) is 17.5. The van der Waals surface area contributed by atoms with Crippen molar-refractivity contribution in [1.29, 1.82) is 0 Å². The van der Waals surface area contributed by atoms with Crippen LogP contribution in [-0.4, -0.2) is 27.1 Å². The van der Waals surface area contributed by atoms with Crippen LogP contribution in [0, 0.1) is 0 Å². The Morgan fingerprint density at radius 2 is 1.77 bits per heavy atom. The maximum atomic E-state index is 12.5. The SMILES string of the molecule is C/C(=C\C(=O)NC1CCN(S(C)(=O)=O)c2ccccc21)c1ccccc1. The maximum Gasteiger partial charge on any atom is 0.244 e. The first-order valence-electron chi connectivity index (χ1n) is 8.47. The molecule has 5 nitrogen and oxygen atoms in total. The Morgan fingerprint density at radius 1 is 1.12 bits per heavy atom. The highest BCUT2D eigenvalue weighted by molar-refractivity contribution is 7.92. The van der Waals surface area contributed by atoms with Crippen molar-refractivity contribution in [2.45, 2.75) is 19.4 Å². The number of anilines is 1. The van der Waals surface area contributed by atoms with Gasteiger partial charge in [0.15, 0.2) is 0 Å². The summed E-state index contributed by atoms with van der Waals surface area (Å²) in [5, 5.41) is 3.01. The van der Waals surface area contributed by atoms with Crippen molar-refractivity contribution in [2.24, 2.45) is 0 Å². The Hall–Kier alpha value is -2.60. The van der Waals surface area contributed by atoms with Crippen LogP contribution >= 0.6 is 0 Å². The molecule has 0 radical (unpaired) electrons. The van der Waals surface area contributed by atoms with Gasteiger partial charge in [0.2, 0.25) is 15.9 Å². The standard InChI is InChI=1S/C20H22N2O3S/c1-15(16-8-4-3-5-9-16)14-20(23)21-18-12-13-22(26(2,24)25)19-11-7-6-10-17(18)19/h3-11,14,18H,12-13H2,1-2H3,(H,21,23)/b15-14+. The second-order valence-corrected chi connectivity index (χ2v) is 8.34. The molecule has 0 saturated carbocycles. The van der Waals surface area contributed by atoms with E-state index in [1.807, 2.05) is 49.4 Å². The van der Waals surface area contributed by atoms with Gasteiger partial charge in [0.1, 0.15) is 0 Å². The molecule has 1 aliphatic rings. The number of amides is 1. The molecule has 2 aromatic carbocycles. The molecule has 136 valence electrons. The lowest BCUT2D eigenvalue weighted by molar-refractivity contribution is -0.117. The summed E-state index contributed by atoms with van der Waals surface area (Å²) in [4.78, 5) is 12.5. The molecule has 1 unspecified atom stereocenters. The summed E-state index contributed by atoms with van der Waals surface area (Å²) in [7, 11) is -3.34. The van der Waals surface area contributed by atoms with Crippen molar-refractivity contribution in [2.75, 3.05) is 17.1 Å². The van der Waals surface area contributed by atoms with Crippen molar-refractivity contribution in [3.63, 3.8) is 0 Å². The van der Waals surface area contributed by atoms with Gasteiger partial charge in [-0.3, -0.25) is 9.10 Å². The molecule has 0 saturated heterocycles. The molecule has 3 rings (SSSR count). The zero-order chi connectivity index (χ0) is 18.7. The Morgan fingerprint density at radius 3 is 2.46 bits per heavy atom. The van der Waals surface area contributed by atoms with Crippen LogP contribution in [-0.2, 0) is 14.8 Å². The average molecular weight is 370 g/mol. The average Bonchev–Trinajstić information content (AvgIpc) is 2.61. The number of sulfonamides is 1. The van der Waals surface area contributed by atoms with Crippen LogP contribution in [0.1, 0.15) is 30.5 Å². The van der Waals surface area contributed by atoms with E-state index in [0.29, 0.717) is 18.7 Å². The fourth-order valence-corrected chi connectivity index (χ4v) is 4.18. The van der Waals surface area contributed by atoms with Crippen LogP contribution in [0.2, 0.25) is 0 Å². The minimum atomic E-state index is -3.34. The van der Waals surface area contributed by atoms with Gasteiger partial charge in [-0.15, -0.1) is 0 Å². The highest BCUT2D eigenvalue weighted by atomic mass is 32.2. The first-order chi connectivity index (χ1) is 12.4. The topological polar surface area (TPSA) is 66.5 Å². The molecular weight excluding hydrogens is 348 g/mol. The molecule has 1 N–H and O–H groups in total. The number of hydrogen-bond donors (Lipinski definition) is 1. The Balaban J connectivity index is 1.81. The largest absolute Gasteiger partial charge is 0.346 e. The van der Waals surface area contributed by atoms with E-state index in [1.165, 1.54) is 10.6 Å². The molecule has 0 aromatic heterocycles.